The molecule has 10 nitrogen and oxygen atoms in total. The lowest BCUT2D eigenvalue weighted by molar-refractivity contribution is 0.318. The van der Waals surface area contributed by atoms with Crippen molar-refractivity contribution in [2.24, 2.45) is 5.16 Å². The van der Waals surface area contributed by atoms with Crippen LogP contribution in [0.1, 0.15) is 6.92 Å². The van der Waals surface area contributed by atoms with E-state index >= 15 is 0 Å². The summed E-state index contributed by atoms with van der Waals surface area (Å²) in [5, 5.41) is 37.9. The normalized spacial score (nSPS) is 12.8. The highest BCUT2D eigenvalue weighted by Gasteiger charge is 2.20. The molecule has 2 aromatic carbocycles. The van der Waals surface area contributed by atoms with Gasteiger partial charge in [-0.2, -0.15) is 9.36 Å². The first-order valence-corrected chi connectivity index (χ1v) is 10.8. The van der Waals surface area contributed by atoms with Crippen LogP contribution in [-0.4, -0.2) is 62.3 Å². The van der Waals surface area contributed by atoms with Crippen LogP contribution in [0.4, 0.5) is 0 Å². The minimum atomic E-state index is -0.169. The number of hydrogen-bond acceptors (Lipinski definition) is 10. The van der Waals surface area contributed by atoms with E-state index in [0.717, 1.165) is 11.4 Å². The van der Waals surface area contributed by atoms with E-state index in [-0.39, 0.29) is 5.25 Å². The highest BCUT2D eigenvalue weighted by Crippen LogP contribution is 2.26. The van der Waals surface area contributed by atoms with Gasteiger partial charge in [-0.05, 0) is 52.0 Å². The topological polar surface area (TPSA) is 120 Å². The van der Waals surface area contributed by atoms with Crippen LogP contribution in [0.5, 0.6) is 0 Å². The Balaban J connectivity index is 1.44. The fraction of sp³-hybridized carbons (Fsp3) is 0.167. The maximum absolute atomic E-state index is 9.57. The maximum atomic E-state index is 9.57. The molecule has 30 heavy (non-hydrogen) atoms. The third-order valence-electron chi connectivity index (χ3n) is 4.11. The molecule has 0 aliphatic rings. The van der Waals surface area contributed by atoms with E-state index in [1.165, 1.54) is 23.5 Å². The fourth-order valence-electron chi connectivity index (χ4n) is 2.58. The molecule has 2 aromatic heterocycles. The molecule has 1 unspecified atom stereocenters. The maximum Gasteiger partial charge on any atom is 0.214 e. The second-order valence-electron chi connectivity index (χ2n) is 6.06. The van der Waals surface area contributed by atoms with Gasteiger partial charge in [-0.25, -0.2) is 0 Å². The summed E-state index contributed by atoms with van der Waals surface area (Å²) in [7, 11) is 0. The fourth-order valence-corrected chi connectivity index (χ4v) is 4.53. The monoisotopic (exact) mass is 439 g/mol. The first-order chi connectivity index (χ1) is 14.8. The van der Waals surface area contributed by atoms with E-state index < -0.39 is 0 Å². The second-order valence-corrected chi connectivity index (χ2v) is 8.31. The van der Waals surface area contributed by atoms with Crippen molar-refractivity contribution < 1.29 is 5.21 Å². The molecule has 4 aromatic rings. The Kier molecular flexibility index (Phi) is 6.35. The SMILES string of the molecule is CC(Sc1nnnn1-c1ccccc1)/C(CSc1nnnn1-c1ccccc1)=N\O. The number of aromatic nitrogens is 8. The van der Waals surface area contributed by atoms with Gasteiger partial charge in [0.05, 0.1) is 22.3 Å². The molecule has 4 rings (SSSR count). The number of benzene rings is 2. The molecule has 12 heteroatoms. The summed E-state index contributed by atoms with van der Waals surface area (Å²) >= 11 is 2.79. The Morgan fingerprint density at radius 1 is 0.900 bits per heavy atom. The first-order valence-electron chi connectivity index (χ1n) is 8.94. The van der Waals surface area contributed by atoms with Crippen molar-refractivity contribution in [2.75, 3.05) is 5.75 Å². The predicted octanol–water partition coefficient (Wildman–Crippen LogP) is 2.74. The van der Waals surface area contributed by atoms with Crippen LogP contribution in [0.2, 0.25) is 0 Å². The van der Waals surface area contributed by atoms with E-state index in [1.807, 2.05) is 67.6 Å². The third kappa shape index (κ3) is 4.49. The predicted molar refractivity (Wildman–Crippen MR) is 114 cm³/mol. The van der Waals surface area contributed by atoms with Gasteiger partial charge in [-0.15, -0.1) is 10.2 Å². The van der Waals surface area contributed by atoms with Crippen LogP contribution in [0.3, 0.4) is 0 Å². The van der Waals surface area contributed by atoms with Crippen molar-refractivity contribution in [1.82, 2.24) is 40.4 Å². The van der Waals surface area contributed by atoms with Gasteiger partial charge in [0.1, 0.15) is 0 Å². The lowest BCUT2D eigenvalue weighted by Crippen LogP contribution is -2.18. The van der Waals surface area contributed by atoms with Crippen LogP contribution in [0.25, 0.3) is 11.4 Å². The molecule has 0 amide bonds. The molecule has 152 valence electrons. The summed E-state index contributed by atoms with van der Waals surface area (Å²) in [5.41, 5.74) is 2.28. The smallest absolute Gasteiger partial charge is 0.214 e. The van der Waals surface area contributed by atoms with Crippen molar-refractivity contribution in [1.29, 1.82) is 0 Å². The Bertz CT molecular complexity index is 1110. The zero-order valence-corrected chi connectivity index (χ0v) is 17.5. The molecule has 2 heterocycles. The van der Waals surface area contributed by atoms with E-state index in [0.29, 0.717) is 21.8 Å². The Hall–Kier alpha value is -3.25. The standard InChI is InChI=1S/C18H17N9OS2/c1-13(30-18-20-23-25-27(18)15-10-6-3-7-11-15)16(21-28)12-29-17-19-22-24-26(17)14-8-4-2-5-9-14/h2-11,13,28H,12H2,1H3/b21-16-. The van der Waals surface area contributed by atoms with Gasteiger partial charge in [0.2, 0.25) is 10.3 Å². The quantitative estimate of drug-likeness (QED) is 0.191. The summed E-state index contributed by atoms with van der Waals surface area (Å²) in [5.74, 6) is 0.408. The largest absolute Gasteiger partial charge is 0.411 e. The molecule has 1 atom stereocenters. The van der Waals surface area contributed by atoms with Crippen molar-refractivity contribution in [2.45, 2.75) is 22.5 Å². The van der Waals surface area contributed by atoms with Gasteiger partial charge in [0.25, 0.3) is 0 Å². The van der Waals surface area contributed by atoms with Crippen molar-refractivity contribution >= 4 is 29.2 Å². The molecule has 0 bridgehead atoms. The van der Waals surface area contributed by atoms with Crippen LogP contribution in [-0.2, 0) is 0 Å². The number of tetrazole rings is 2. The summed E-state index contributed by atoms with van der Waals surface area (Å²) in [4.78, 5) is 0. The van der Waals surface area contributed by atoms with Crippen molar-refractivity contribution in [3.05, 3.63) is 60.7 Å². The van der Waals surface area contributed by atoms with Crippen LogP contribution < -0.4 is 0 Å². The highest BCUT2D eigenvalue weighted by molar-refractivity contribution is 8.01. The summed E-state index contributed by atoms with van der Waals surface area (Å²) in [6.07, 6.45) is 0. The molecule has 0 fully saturated rings. The molecule has 0 radical (unpaired) electrons. The zero-order chi connectivity index (χ0) is 20.8. The van der Waals surface area contributed by atoms with Gasteiger partial charge in [-0.3, -0.25) is 0 Å². The number of rotatable bonds is 8. The van der Waals surface area contributed by atoms with Crippen LogP contribution in [0.15, 0.2) is 76.1 Å². The Morgan fingerprint density at radius 3 is 2.00 bits per heavy atom. The zero-order valence-electron chi connectivity index (χ0n) is 15.8. The molecule has 0 spiro atoms. The Labute approximate surface area is 180 Å². The number of oxime groups is 1. The molecule has 1 N–H and O–H groups in total. The Morgan fingerprint density at radius 2 is 1.43 bits per heavy atom. The number of thioether (sulfide) groups is 2. The second kappa shape index (κ2) is 9.50. The van der Waals surface area contributed by atoms with E-state index in [1.54, 1.807) is 9.36 Å². The van der Waals surface area contributed by atoms with Gasteiger partial charge in [-0.1, -0.05) is 65.1 Å². The average Bonchev–Trinajstić information content (AvgIpc) is 3.45. The van der Waals surface area contributed by atoms with Gasteiger partial charge in [0.15, 0.2) is 0 Å². The van der Waals surface area contributed by atoms with Crippen LogP contribution in [0, 0.1) is 0 Å². The molecule has 0 aliphatic carbocycles. The molecule has 0 aliphatic heterocycles. The van der Waals surface area contributed by atoms with Gasteiger partial charge in [0, 0.05) is 5.75 Å². The van der Waals surface area contributed by atoms with Crippen molar-refractivity contribution in [3.63, 3.8) is 0 Å². The van der Waals surface area contributed by atoms with E-state index in [2.05, 4.69) is 36.2 Å². The number of nitrogens with zero attached hydrogens (tertiary/aromatic N) is 9. The third-order valence-corrected chi connectivity index (χ3v) is 6.16. The van der Waals surface area contributed by atoms with E-state index in [4.69, 9.17) is 0 Å². The molecule has 0 saturated carbocycles. The number of hydrogen-bond donors (Lipinski definition) is 1. The van der Waals surface area contributed by atoms with Crippen LogP contribution >= 0.6 is 23.5 Å². The van der Waals surface area contributed by atoms with Gasteiger partial charge >= 0.3 is 0 Å². The molecular weight excluding hydrogens is 422 g/mol. The van der Waals surface area contributed by atoms with E-state index in [9.17, 15) is 5.21 Å². The lowest BCUT2D eigenvalue weighted by Gasteiger charge is -2.12. The first kappa shape index (κ1) is 20.0. The highest BCUT2D eigenvalue weighted by atomic mass is 32.2. The van der Waals surface area contributed by atoms with Crippen molar-refractivity contribution in [3.8, 4) is 11.4 Å². The summed E-state index contributed by atoms with van der Waals surface area (Å²) in [6, 6.07) is 19.2. The minimum Gasteiger partial charge on any atom is -0.411 e. The summed E-state index contributed by atoms with van der Waals surface area (Å²) in [6.45, 7) is 1.93. The minimum absolute atomic E-state index is 0.169. The molecular formula is C18H17N9OS2. The number of para-hydroxylation sites is 2. The molecule has 0 saturated heterocycles. The average molecular weight is 440 g/mol. The van der Waals surface area contributed by atoms with Gasteiger partial charge < -0.3 is 5.21 Å². The lowest BCUT2D eigenvalue weighted by atomic mass is 10.3. The summed E-state index contributed by atoms with van der Waals surface area (Å²) < 4.78 is 3.30.